The second-order valence-corrected chi connectivity index (χ2v) is 4.59. The van der Waals surface area contributed by atoms with Gasteiger partial charge in [-0.05, 0) is 31.9 Å². The summed E-state index contributed by atoms with van der Waals surface area (Å²) in [4.78, 5) is 13.6. The summed E-state index contributed by atoms with van der Waals surface area (Å²) in [5.41, 5.74) is 0. The zero-order chi connectivity index (χ0) is 13.0. The summed E-state index contributed by atoms with van der Waals surface area (Å²) in [5.74, 6) is 1.55. The minimum atomic E-state index is -0.121. The zero-order valence-electron chi connectivity index (χ0n) is 10.5. The molecule has 1 aromatic heterocycles. The molecule has 18 heavy (non-hydrogen) atoms. The van der Waals surface area contributed by atoms with Crippen LogP contribution in [0.3, 0.4) is 0 Å². The van der Waals surface area contributed by atoms with Gasteiger partial charge in [0.2, 0.25) is 0 Å². The SMILES string of the molecule is Cc1ccc(CNC(=O)N2CCCC(C#N)C2)o1. The van der Waals surface area contributed by atoms with Crippen LogP contribution >= 0.6 is 0 Å². The van der Waals surface area contributed by atoms with Crippen LogP contribution in [-0.2, 0) is 6.54 Å². The lowest BCUT2D eigenvalue weighted by Gasteiger charge is -2.29. The first-order valence-electron chi connectivity index (χ1n) is 6.17. The third kappa shape index (κ3) is 3.04. The lowest BCUT2D eigenvalue weighted by atomic mass is 10.0. The standard InChI is InChI=1S/C13H17N3O2/c1-10-4-5-12(18-10)8-15-13(17)16-6-2-3-11(7-14)9-16/h4-5,11H,2-3,6,8-9H2,1H3,(H,15,17). The van der Waals surface area contributed by atoms with Gasteiger partial charge in [-0.25, -0.2) is 4.79 Å². The molecule has 0 aliphatic carbocycles. The number of rotatable bonds is 2. The van der Waals surface area contributed by atoms with Gasteiger partial charge in [-0.3, -0.25) is 0 Å². The molecular weight excluding hydrogens is 230 g/mol. The minimum Gasteiger partial charge on any atom is -0.465 e. The van der Waals surface area contributed by atoms with Gasteiger partial charge in [0.1, 0.15) is 11.5 Å². The number of carbonyl (C=O) groups is 1. The Morgan fingerprint density at radius 2 is 2.50 bits per heavy atom. The quantitative estimate of drug-likeness (QED) is 0.869. The van der Waals surface area contributed by atoms with Gasteiger partial charge >= 0.3 is 6.03 Å². The number of nitrogens with zero attached hydrogens (tertiary/aromatic N) is 2. The predicted octanol–water partition coefficient (Wildman–Crippen LogP) is 2.03. The van der Waals surface area contributed by atoms with E-state index in [1.54, 1.807) is 4.90 Å². The molecule has 1 aromatic rings. The van der Waals surface area contributed by atoms with Crippen molar-refractivity contribution in [1.82, 2.24) is 10.2 Å². The van der Waals surface area contributed by atoms with E-state index in [4.69, 9.17) is 9.68 Å². The molecule has 1 fully saturated rings. The number of carbonyl (C=O) groups excluding carboxylic acids is 1. The molecule has 2 rings (SSSR count). The number of piperidine rings is 1. The first-order valence-corrected chi connectivity index (χ1v) is 6.17. The molecule has 1 saturated heterocycles. The molecule has 2 amide bonds. The summed E-state index contributed by atoms with van der Waals surface area (Å²) in [5, 5.41) is 11.7. The van der Waals surface area contributed by atoms with E-state index >= 15 is 0 Å². The Morgan fingerprint density at radius 1 is 1.67 bits per heavy atom. The molecule has 0 radical (unpaired) electrons. The van der Waals surface area contributed by atoms with Crippen LogP contribution in [0, 0.1) is 24.2 Å². The fraction of sp³-hybridized carbons (Fsp3) is 0.538. The maximum Gasteiger partial charge on any atom is 0.317 e. The van der Waals surface area contributed by atoms with E-state index in [0.29, 0.717) is 13.1 Å². The van der Waals surface area contributed by atoms with Crippen LogP contribution in [0.1, 0.15) is 24.4 Å². The topological polar surface area (TPSA) is 69.3 Å². The molecule has 0 aromatic carbocycles. The van der Waals surface area contributed by atoms with Crippen LogP contribution in [0.25, 0.3) is 0 Å². The van der Waals surface area contributed by atoms with E-state index in [9.17, 15) is 4.79 Å². The Balaban J connectivity index is 1.82. The van der Waals surface area contributed by atoms with Gasteiger partial charge in [0.25, 0.3) is 0 Å². The molecule has 5 heteroatoms. The van der Waals surface area contributed by atoms with Gasteiger partial charge < -0.3 is 14.6 Å². The van der Waals surface area contributed by atoms with Crippen molar-refractivity contribution in [2.45, 2.75) is 26.3 Å². The summed E-state index contributed by atoms with van der Waals surface area (Å²) in [6, 6.07) is 5.82. The van der Waals surface area contributed by atoms with Crippen LogP contribution in [0.2, 0.25) is 0 Å². The average molecular weight is 247 g/mol. The lowest BCUT2D eigenvalue weighted by molar-refractivity contribution is 0.175. The molecule has 1 unspecified atom stereocenters. The number of likely N-dealkylation sites (tertiary alicyclic amines) is 1. The average Bonchev–Trinajstić information content (AvgIpc) is 2.82. The second-order valence-electron chi connectivity index (χ2n) is 4.59. The molecule has 1 aliphatic rings. The Bertz CT molecular complexity index is 461. The summed E-state index contributed by atoms with van der Waals surface area (Å²) < 4.78 is 5.38. The molecule has 0 saturated carbocycles. The minimum absolute atomic E-state index is 0.0321. The smallest absolute Gasteiger partial charge is 0.317 e. The number of urea groups is 1. The predicted molar refractivity (Wildman–Crippen MR) is 65.6 cm³/mol. The third-order valence-corrected chi connectivity index (χ3v) is 3.10. The highest BCUT2D eigenvalue weighted by Crippen LogP contribution is 2.15. The van der Waals surface area contributed by atoms with Crippen molar-refractivity contribution in [2.24, 2.45) is 5.92 Å². The zero-order valence-corrected chi connectivity index (χ0v) is 10.5. The summed E-state index contributed by atoms with van der Waals surface area (Å²) >= 11 is 0. The van der Waals surface area contributed by atoms with Crippen molar-refractivity contribution >= 4 is 6.03 Å². The number of aryl methyl sites for hydroxylation is 1. The molecule has 96 valence electrons. The number of nitrogens with one attached hydrogen (secondary N) is 1. The highest BCUT2D eigenvalue weighted by atomic mass is 16.3. The Labute approximate surface area is 106 Å². The van der Waals surface area contributed by atoms with Gasteiger partial charge in [-0.1, -0.05) is 0 Å². The number of hydrogen-bond donors (Lipinski definition) is 1. The molecular formula is C13H17N3O2. The lowest BCUT2D eigenvalue weighted by Crippen LogP contribution is -2.45. The number of nitriles is 1. The molecule has 0 spiro atoms. The van der Waals surface area contributed by atoms with Crippen molar-refractivity contribution < 1.29 is 9.21 Å². The van der Waals surface area contributed by atoms with Gasteiger partial charge in [0.05, 0.1) is 18.5 Å². The fourth-order valence-electron chi connectivity index (χ4n) is 2.12. The molecule has 1 aliphatic heterocycles. The maximum absolute atomic E-state index is 11.9. The normalized spacial score (nSPS) is 19.3. The van der Waals surface area contributed by atoms with Gasteiger partial charge in [-0.15, -0.1) is 0 Å². The first-order chi connectivity index (χ1) is 8.69. The van der Waals surface area contributed by atoms with Crippen LogP contribution in [0.15, 0.2) is 16.5 Å². The van der Waals surface area contributed by atoms with Crippen molar-refractivity contribution in [3.8, 4) is 6.07 Å². The highest BCUT2D eigenvalue weighted by Gasteiger charge is 2.23. The largest absolute Gasteiger partial charge is 0.465 e. The van der Waals surface area contributed by atoms with Crippen molar-refractivity contribution in [3.05, 3.63) is 23.7 Å². The third-order valence-electron chi connectivity index (χ3n) is 3.10. The van der Waals surface area contributed by atoms with Gasteiger partial charge in [-0.2, -0.15) is 5.26 Å². The second kappa shape index (κ2) is 5.58. The number of hydrogen-bond acceptors (Lipinski definition) is 3. The molecule has 0 bridgehead atoms. The molecule has 2 heterocycles. The van der Waals surface area contributed by atoms with Crippen molar-refractivity contribution in [3.63, 3.8) is 0 Å². The number of furan rings is 1. The monoisotopic (exact) mass is 247 g/mol. The summed E-state index contributed by atoms with van der Waals surface area (Å²) in [7, 11) is 0. The van der Waals surface area contributed by atoms with Crippen molar-refractivity contribution in [1.29, 1.82) is 5.26 Å². The van der Waals surface area contributed by atoms with Crippen LogP contribution in [0.4, 0.5) is 4.79 Å². The van der Waals surface area contributed by atoms with E-state index in [0.717, 1.165) is 30.9 Å². The van der Waals surface area contributed by atoms with Gasteiger partial charge in [0.15, 0.2) is 0 Å². The van der Waals surface area contributed by atoms with Crippen molar-refractivity contribution in [2.75, 3.05) is 13.1 Å². The Kier molecular flexibility index (Phi) is 3.88. The molecule has 1 atom stereocenters. The summed E-state index contributed by atoms with van der Waals surface area (Å²) in [6.07, 6.45) is 1.78. The van der Waals surface area contributed by atoms with E-state index in [1.807, 2.05) is 19.1 Å². The van der Waals surface area contributed by atoms with E-state index < -0.39 is 0 Å². The van der Waals surface area contributed by atoms with Crippen LogP contribution in [0.5, 0.6) is 0 Å². The first kappa shape index (κ1) is 12.5. The maximum atomic E-state index is 11.9. The van der Waals surface area contributed by atoms with Crippen LogP contribution < -0.4 is 5.32 Å². The van der Waals surface area contributed by atoms with E-state index in [-0.39, 0.29) is 11.9 Å². The molecule has 1 N–H and O–H groups in total. The summed E-state index contributed by atoms with van der Waals surface area (Å²) in [6.45, 7) is 3.51. The Morgan fingerprint density at radius 3 is 3.17 bits per heavy atom. The van der Waals surface area contributed by atoms with E-state index in [2.05, 4.69) is 11.4 Å². The van der Waals surface area contributed by atoms with Gasteiger partial charge in [0, 0.05) is 13.1 Å². The number of amides is 2. The fourth-order valence-corrected chi connectivity index (χ4v) is 2.12. The van der Waals surface area contributed by atoms with Crippen LogP contribution in [-0.4, -0.2) is 24.0 Å². The highest BCUT2D eigenvalue weighted by molar-refractivity contribution is 5.74. The molecule has 5 nitrogen and oxygen atoms in total. The Hall–Kier alpha value is -1.96. The van der Waals surface area contributed by atoms with E-state index in [1.165, 1.54) is 0 Å².